The summed E-state index contributed by atoms with van der Waals surface area (Å²) in [7, 11) is 1.61. The first kappa shape index (κ1) is 45.8. The van der Waals surface area contributed by atoms with Crippen LogP contribution in [-0.4, -0.2) is 73.4 Å². The molecule has 14 heteroatoms. The van der Waals surface area contributed by atoms with Gasteiger partial charge < -0.3 is 30.5 Å². The van der Waals surface area contributed by atoms with Gasteiger partial charge in [-0.3, -0.25) is 24.5 Å². The van der Waals surface area contributed by atoms with E-state index in [9.17, 15) is 19.2 Å². The summed E-state index contributed by atoms with van der Waals surface area (Å²) in [6.07, 6.45) is 5.42. The van der Waals surface area contributed by atoms with Crippen LogP contribution < -0.4 is 30.9 Å². The highest BCUT2D eigenvalue weighted by Gasteiger charge is 2.62. The van der Waals surface area contributed by atoms with Crippen LogP contribution in [0.2, 0.25) is 10.0 Å². The van der Waals surface area contributed by atoms with Crippen LogP contribution in [0.1, 0.15) is 110 Å². The Labute approximate surface area is 412 Å². The SMILES string of the molecule is COc1cc(N2CCC[C@]3(C[C@@H]3C#C[C@@H]3C[C@H]3c3cccc4c3CN(C3CCC(=O)NC3=O)C4=O)C2)ccc1NC(=O)[C@@H]1N[C@@H](CC(C)(C)C)[C@@]2(CNc3cc(Cl)ccc32)[C@H]1c1cccc(Cl)c1F. The summed E-state index contributed by atoms with van der Waals surface area (Å²) in [5.74, 6) is 6.33. The first-order valence-electron chi connectivity index (χ1n) is 24.3. The lowest BCUT2D eigenvalue weighted by atomic mass is 9.63. The van der Waals surface area contributed by atoms with Gasteiger partial charge >= 0.3 is 0 Å². The maximum atomic E-state index is 16.4. The number of fused-ring (bicyclic) bond motifs is 3. The molecular weight excluding hydrogens is 915 g/mol. The molecule has 2 spiro atoms. The zero-order chi connectivity index (χ0) is 48.1. The molecule has 5 fully saturated rings. The third kappa shape index (κ3) is 8.02. The van der Waals surface area contributed by atoms with Crippen molar-refractivity contribution in [2.75, 3.05) is 42.3 Å². The Morgan fingerprint density at radius 1 is 1.01 bits per heavy atom. The highest BCUT2D eigenvalue weighted by Crippen LogP contribution is 2.60. The number of carbonyl (C=O) groups excluding carboxylic acids is 4. The number of halogens is 3. The van der Waals surface area contributed by atoms with Gasteiger partial charge in [0.15, 0.2) is 0 Å². The Hall–Kier alpha value is -5.61. The van der Waals surface area contributed by atoms with E-state index in [1.807, 2.05) is 48.5 Å². The molecule has 69 heavy (non-hydrogen) atoms. The molecule has 0 bridgehead atoms. The number of carbonyl (C=O) groups is 4. The monoisotopic (exact) mass is 970 g/mol. The van der Waals surface area contributed by atoms with Gasteiger partial charge in [0.25, 0.3) is 5.91 Å². The number of imide groups is 1. The van der Waals surface area contributed by atoms with Crippen molar-refractivity contribution in [2.45, 2.75) is 108 Å². The van der Waals surface area contributed by atoms with Gasteiger partial charge in [-0.25, -0.2) is 4.39 Å². The molecule has 0 aromatic heterocycles. The molecule has 4 aromatic carbocycles. The maximum Gasteiger partial charge on any atom is 0.255 e. The topological polar surface area (TPSA) is 132 Å². The Balaban J connectivity index is 0.790. The molecule has 3 saturated heterocycles. The highest BCUT2D eigenvalue weighted by molar-refractivity contribution is 6.31. The van der Waals surface area contributed by atoms with E-state index in [-0.39, 0.29) is 57.9 Å². The molecule has 11 rings (SSSR count). The van der Waals surface area contributed by atoms with Crippen molar-refractivity contribution in [3.63, 3.8) is 0 Å². The van der Waals surface area contributed by atoms with Crippen molar-refractivity contribution in [2.24, 2.45) is 22.7 Å². The van der Waals surface area contributed by atoms with Crippen molar-refractivity contribution in [1.29, 1.82) is 0 Å². The van der Waals surface area contributed by atoms with Crippen LogP contribution in [0.5, 0.6) is 5.75 Å². The number of hydrogen-bond donors (Lipinski definition) is 4. The normalized spacial score (nSPS) is 29.8. The van der Waals surface area contributed by atoms with Gasteiger partial charge in [-0.2, -0.15) is 0 Å². The fraction of sp³-hybridized carbons (Fsp3) is 0.455. The lowest BCUT2D eigenvalue weighted by Gasteiger charge is -2.39. The summed E-state index contributed by atoms with van der Waals surface area (Å²) in [5.41, 5.74) is 5.84. The van der Waals surface area contributed by atoms with Crippen LogP contribution in [0.4, 0.5) is 21.5 Å². The van der Waals surface area contributed by atoms with E-state index in [2.05, 4.69) is 64.8 Å². The molecule has 358 valence electrons. The number of benzene rings is 4. The molecule has 11 nitrogen and oxygen atoms in total. The molecule has 4 aromatic rings. The molecule has 4 amide bonds. The summed E-state index contributed by atoms with van der Waals surface area (Å²) in [5, 5.41) is 13.5. The molecule has 5 heterocycles. The Morgan fingerprint density at radius 3 is 2.62 bits per heavy atom. The number of nitrogens with zero attached hydrogens (tertiary/aromatic N) is 2. The summed E-state index contributed by atoms with van der Waals surface area (Å²) >= 11 is 13.0. The third-order valence-corrected chi connectivity index (χ3v) is 16.7. The second-order valence-electron chi connectivity index (χ2n) is 21.7. The lowest BCUT2D eigenvalue weighted by Crippen LogP contribution is -2.52. The molecule has 1 unspecified atom stereocenters. The number of methoxy groups -OCH3 is 1. The van der Waals surface area contributed by atoms with Gasteiger partial charge in [0, 0.05) is 95.3 Å². The Morgan fingerprint density at radius 2 is 1.83 bits per heavy atom. The molecule has 0 radical (unpaired) electrons. The van der Waals surface area contributed by atoms with E-state index < -0.39 is 35.1 Å². The molecule has 2 aliphatic carbocycles. The van der Waals surface area contributed by atoms with Gasteiger partial charge in [0.05, 0.1) is 23.9 Å². The number of anilines is 3. The zero-order valence-electron chi connectivity index (χ0n) is 39.3. The van der Waals surface area contributed by atoms with Gasteiger partial charge in [-0.1, -0.05) is 86.1 Å². The maximum absolute atomic E-state index is 16.4. The molecule has 7 aliphatic rings. The first-order chi connectivity index (χ1) is 33.1. The predicted molar refractivity (Wildman–Crippen MR) is 265 cm³/mol. The zero-order valence-corrected chi connectivity index (χ0v) is 40.8. The third-order valence-electron chi connectivity index (χ3n) is 16.2. The van der Waals surface area contributed by atoms with Gasteiger partial charge in [-0.05, 0) is 109 Å². The number of piperidine rings is 2. The number of hydrogen-bond acceptors (Lipinski definition) is 8. The fourth-order valence-electron chi connectivity index (χ4n) is 12.7. The summed E-state index contributed by atoms with van der Waals surface area (Å²) in [6.45, 7) is 9.15. The van der Waals surface area contributed by atoms with Crippen molar-refractivity contribution < 1.29 is 28.3 Å². The lowest BCUT2D eigenvalue weighted by molar-refractivity contribution is -0.137. The van der Waals surface area contributed by atoms with Crippen LogP contribution in [0.15, 0.2) is 72.8 Å². The summed E-state index contributed by atoms with van der Waals surface area (Å²) in [6, 6.07) is 21.0. The average Bonchev–Trinajstić information content (AvgIpc) is 4.11. The van der Waals surface area contributed by atoms with Crippen LogP contribution in [0, 0.1) is 40.3 Å². The van der Waals surface area contributed by atoms with Crippen molar-refractivity contribution in [3.05, 3.63) is 116 Å². The first-order valence-corrected chi connectivity index (χ1v) is 25.1. The number of rotatable bonds is 8. The second-order valence-corrected chi connectivity index (χ2v) is 22.5. The van der Waals surface area contributed by atoms with E-state index in [0.29, 0.717) is 53.0 Å². The van der Waals surface area contributed by atoms with Crippen molar-refractivity contribution in [1.82, 2.24) is 15.5 Å². The smallest absolute Gasteiger partial charge is 0.255 e. The fourth-order valence-corrected chi connectivity index (χ4v) is 13.1. The van der Waals surface area contributed by atoms with Crippen LogP contribution in [-0.2, 0) is 26.3 Å². The molecular formula is C55H57Cl2FN6O5. The van der Waals surface area contributed by atoms with Crippen LogP contribution >= 0.6 is 23.2 Å². The number of nitrogens with one attached hydrogen (secondary N) is 4. The van der Waals surface area contributed by atoms with Crippen LogP contribution in [0.25, 0.3) is 0 Å². The van der Waals surface area contributed by atoms with E-state index in [1.165, 1.54) is 0 Å². The molecule has 5 aliphatic heterocycles. The Kier molecular flexibility index (Phi) is 11.3. The minimum absolute atomic E-state index is 0.00882. The van der Waals surface area contributed by atoms with E-state index >= 15 is 4.39 Å². The average molecular weight is 972 g/mol. The summed E-state index contributed by atoms with van der Waals surface area (Å²) < 4.78 is 22.4. The van der Waals surface area contributed by atoms with Gasteiger partial charge in [0.2, 0.25) is 17.7 Å². The summed E-state index contributed by atoms with van der Waals surface area (Å²) in [4.78, 5) is 56.8. The molecule has 9 atom stereocenters. The predicted octanol–water partition coefficient (Wildman–Crippen LogP) is 9.18. The van der Waals surface area contributed by atoms with E-state index in [0.717, 1.165) is 73.3 Å². The van der Waals surface area contributed by atoms with Crippen molar-refractivity contribution >= 4 is 63.9 Å². The Bertz CT molecular complexity index is 2890. The number of amides is 4. The highest BCUT2D eigenvalue weighted by atomic mass is 35.5. The van der Waals surface area contributed by atoms with Crippen LogP contribution in [0.3, 0.4) is 0 Å². The second kappa shape index (κ2) is 17.1. The molecule has 2 saturated carbocycles. The minimum atomic E-state index is -0.827. The standard InChI is InChI=1S/C55H57Cl2FN6O5/c1-53(2,3)26-45-55(28-59-42-23-32(56)14-16-39(42)55)47(36-10-6-11-40(57)48(36)58)49(61-45)51(67)60-41-17-15-33(24-44(41)69-4)63-21-7-20-54(29-63)25-31(54)13-12-30-22-37(30)34-8-5-9-35-38(34)27-64(52(35)68)43-18-19-46(65)62-50(43)66/h5-6,8-11,14-17,23-24,30-31,37,43,45,47,49,59,61H,7,18-22,25-29H2,1-4H3,(H,60,67)(H,62,65,66)/t30-,31+,37-,43?,45+,47+,49-,54+,55+/m1/s1. The van der Waals surface area contributed by atoms with E-state index in [1.54, 1.807) is 30.2 Å². The van der Waals surface area contributed by atoms with Crippen molar-refractivity contribution in [3.8, 4) is 17.6 Å². The van der Waals surface area contributed by atoms with Gasteiger partial charge in [-0.15, -0.1) is 0 Å². The molecule has 4 N–H and O–H groups in total. The minimum Gasteiger partial charge on any atom is -0.494 e. The van der Waals surface area contributed by atoms with E-state index in [4.69, 9.17) is 27.9 Å². The number of ether oxygens (including phenoxy) is 1. The quantitative estimate of drug-likeness (QED) is 0.102. The largest absolute Gasteiger partial charge is 0.494 e. The van der Waals surface area contributed by atoms with Gasteiger partial charge in [0.1, 0.15) is 17.6 Å².